The first-order valence-corrected chi connectivity index (χ1v) is 8.32. The predicted octanol–water partition coefficient (Wildman–Crippen LogP) is 1.63. The molecule has 0 aromatic heterocycles. The lowest BCUT2D eigenvalue weighted by atomic mass is 10.2. The molecular weight excluding hydrogens is 298 g/mol. The first-order chi connectivity index (χ1) is 9.53. The number of sulfonamides is 1. The molecule has 1 atom stereocenters. The average molecular weight is 314 g/mol. The van der Waals surface area contributed by atoms with Gasteiger partial charge in [0.2, 0.25) is 10.0 Å². The van der Waals surface area contributed by atoms with E-state index in [4.69, 9.17) is 16.9 Å². The van der Waals surface area contributed by atoms with Crippen LogP contribution in [0.2, 0.25) is 5.02 Å². The van der Waals surface area contributed by atoms with E-state index in [0.29, 0.717) is 12.6 Å². The zero-order valence-corrected chi connectivity index (χ0v) is 12.5. The van der Waals surface area contributed by atoms with Gasteiger partial charge in [-0.15, -0.1) is 0 Å². The Morgan fingerprint density at radius 1 is 1.50 bits per heavy atom. The number of rotatable bonds is 5. The lowest BCUT2D eigenvalue weighted by molar-refractivity contribution is 0.539. The fourth-order valence-electron chi connectivity index (χ4n) is 2.21. The Bertz CT molecular complexity index is 619. The fourth-order valence-corrected chi connectivity index (χ4v) is 3.57. The third-order valence-corrected chi connectivity index (χ3v) is 5.09. The second-order valence-electron chi connectivity index (χ2n) is 4.73. The Morgan fingerprint density at radius 2 is 2.30 bits per heavy atom. The normalized spacial score (nSPS) is 18.9. The van der Waals surface area contributed by atoms with Gasteiger partial charge >= 0.3 is 0 Å². The van der Waals surface area contributed by atoms with Crippen LogP contribution >= 0.6 is 11.6 Å². The first kappa shape index (κ1) is 15.3. The number of nitrogens with zero attached hydrogens (tertiary/aromatic N) is 1. The molecule has 7 heteroatoms. The van der Waals surface area contributed by atoms with Crippen LogP contribution in [0.1, 0.15) is 24.8 Å². The van der Waals surface area contributed by atoms with E-state index in [2.05, 4.69) is 10.0 Å². The minimum absolute atomic E-state index is 0.0841. The van der Waals surface area contributed by atoms with Gasteiger partial charge < -0.3 is 5.32 Å². The third kappa shape index (κ3) is 3.70. The maximum Gasteiger partial charge on any atom is 0.240 e. The van der Waals surface area contributed by atoms with Crippen LogP contribution in [0.15, 0.2) is 23.1 Å². The molecule has 20 heavy (non-hydrogen) atoms. The van der Waals surface area contributed by atoms with Crippen LogP contribution in [0.5, 0.6) is 0 Å². The van der Waals surface area contributed by atoms with Gasteiger partial charge in [0, 0.05) is 12.6 Å². The molecule has 1 saturated heterocycles. The first-order valence-electron chi connectivity index (χ1n) is 6.45. The van der Waals surface area contributed by atoms with Crippen molar-refractivity contribution >= 4 is 21.6 Å². The predicted molar refractivity (Wildman–Crippen MR) is 77.0 cm³/mol. The van der Waals surface area contributed by atoms with Crippen LogP contribution in [-0.4, -0.2) is 27.5 Å². The molecule has 1 aromatic carbocycles. The van der Waals surface area contributed by atoms with E-state index in [1.54, 1.807) is 0 Å². The topological polar surface area (TPSA) is 82.0 Å². The summed E-state index contributed by atoms with van der Waals surface area (Å²) in [5, 5.41) is 12.2. The maximum absolute atomic E-state index is 12.1. The van der Waals surface area contributed by atoms with Gasteiger partial charge in [-0.25, -0.2) is 13.1 Å². The van der Waals surface area contributed by atoms with Crippen LogP contribution in [-0.2, 0) is 10.0 Å². The van der Waals surface area contributed by atoms with E-state index in [0.717, 1.165) is 25.8 Å². The summed E-state index contributed by atoms with van der Waals surface area (Å²) in [5.74, 6) is 0. The fraction of sp³-hybridized carbons (Fsp3) is 0.462. The van der Waals surface area contributed by atoms with Gasteiger partial charge in [-0.2, -0.15) is 5.26 Å². The molecule has 1 aliphatic heterocycles. The number of halogens is 1. The van der Waals surface area contributed by atoms with Crippen molar-refractivity contribution in [3.63, 3.8) is 0 Å². The Hall–Kier alpha value is -1.13. The highest BCUT2D eigenvalue weighted by molar-refractivity contribution is 7.89. The molecule has 108 valence electrons. The molecule has 1 aromatic rings. The average Bonchev–Trinajstić information content (AvgIpc) is 2.91. The molecular formula is C13H16ClN3O2S. The summed E-state index contributed by atoms with van der Waals surface area (Å²) in [6.07, 6.45) is 3.00. The third-order valence-electron chi connectivity index (χ3n) is 3.32. The van der Waals surface area contributed by atoms with E-state index in [9.17, 15) is 8.42 Å². The second-order valence-corrected chi connectivity index (χ2v) is 6.91. The quantitative estimate of drug-likeness (QED) is 0.865. The molecule has 1 heterocycles. The Labute approximate surface area is 124 Å². The largest absolute Gasteiger partial charge is 0.314 e. The van der Waals surface area contributed by atoms with E-state index >= 15 is 0 Å². The zero-order chi connectivity index (χ0) is 14.6. The van der Waals surface area contributed by atoms with Gasteiger partial charge in [0.05, 0.1) is 15.5 Å². The summed E-state index contributed by atoms with van der Waals surface area (Å²) in [6.45, 7) is 1.39. The molecule has 1 unspecified atom stereocenters. The minimum atomic E-state index is -3.57. The molecule has 5 nitrogen and oxygen atoms in total. The molecule has 2 rings (SSSR count). The van der Waals surface area contributed by atoms with Gasteiger partial charge in [0.1, 0.15) is 6.07 Å². The highest BCUT2D eigenvalue weighted by Crippen LogP contribution is 2.20. The van der Waals surface area contributed by atoms with Crippen molar-refractivity contribution in [2.75, 3.05) is 13.1 Å². The molecule has 0 radical (unpaired) electrons. The monoisotopic (exact) mass is 313 g/mol. The Kier molecular flexibility index (Phi) is 5.00. The Morgan fingerprint density at radius 3 is 2.90 bits per heavy atom. The van der Waals surface area contributed by atoms with E-state index in [1.165, 1.54) is 18.2 Å². The molecule has 0 amide bonds. The second kappa shape index (κ2) is 6.55. The number of benzene rings is 1. The molecule has 1 aliphatic rings. The summed E-state index contributed by atoms with van der Waals surface area (Å²) < 4.78 is 26.7. The molecule has 0 spiro atoms. The van der Waals surface area contributed by atoms with Crippen molar-refractivity contribution < 1.29 is 8.42 Å². The molecule has 0 saturated carbocycles. The lowest BCUT2D eigenvalue weighted by Crippen LogP contribution is -2.30. The lowest BCUT2D eigenvalue weighted by Gasteiger charge is -2.11. The highest BCUT2D eigenvalue weighted by Gasteiger charge is 2.18. The van der Waals surface area contributed by atoms with Gasteiger partial charge in [-0.1, -0.05) is 11.6 Å². The van der Waals surface area contributed by atoms with E-state index < -0.39 is 10.0 Å². The van der Waals surface area contributed by atoms with Crippen LogP contribution in [0.25, 0.3) is 0 Å². The van der Waals surface area contributed by atoms with E-state index in [1.807, 2.05) is 6.07 Å². The summed E-state index contributed by atoms with van der Waals surface area (Å²) in [4.78, 5) is 0.0841. The van der Waals surface area contributed by atoms with Gasteiger partial charge in [0.25, 0.3) is 0 Å². The van der Waals surface area contributed by atoms with Crippen molar-refractivity contribution in [3.05, 3.63) is 28.8 Å². The number of hydrogen-bond donors (Lipinski definition) is 2. The van der Waals surface area contributed by atoms with Crippen LogP contribution in [0, 0.1) is 11.3 Å². The molecule has 1 fully saturated rings. The smallest absolute Gasteiger partial charge is 0.240 e. The number of nitrogens with one attached hydrogen (secondary N) is 2. The molecule has 0 bridgehead atoms. The Balaban J connectivity index is 1.99. The highest BCUT2D eigenvalue weighted by atomic mass is 35.5. The van der Waals surface area contributed by atoms with Crippen LogP contribution in [0.3, 0.4) is 0 Å². The van der Waals surface area contributed by atoms with Crippen molar-refractivity contribution in [3.8, 4) is 6.07 Å². The van der Waals surface area contributed by atoms with Crippen molar-refractivity contribution in [1.82, 2.24) is 10.0 Å². The SMILES string of the molecule is N#Cc1ccc(S(=O)(=O)NCCC2CCCN2)cc1Cl. The molecule has 0 aliphatic carbocycles. The standard InChI is InChI=1S/C13H16ClN3O2S/c14-13-8-12(4-3-10(13)9-15)20(18,19)17-7-5-11-2-1-6-16-11/h3-4,8,11,16-17H,1-2,5-7H2. The van der Waals surface area contributed by atoms with Crippen LogP contribution in [0.4, 0.5) is 0 Å². The van der Waals surface area contributed by atoms with Gasteiger partial charge in [0.15, 0.2) is 0 Å². The zero-order valence-electron chi connectivity index (χ0n) is 10.9. The van der Waals surface area contributed by atoms with Gasteiger partial charge in [-0.3, -0.25) is 0 Å². The summed E-state index contributed by atoms with van der Waals surface area (Å²) in [5.41, 5.74) is 0.265. The summed E-state index contributed by atoms with van der Waals surface area (Å²) in [7, 11) is -3.57. The minimum Gasteiger partial charge on any atom is -0.314 e. The van der Waals surface area contributed by atoms with Crippen molar-refractivity contribution in [2.24, 2.45) is 0 Å². The van der Waals surface area contributed by atoms with Gasteiger partial charge in [-0.05, 0) is 44.0 Å². The number of hydrogen-bond acceptors (Lipinski definition) is 4. The maximum atomic E-state index is 12.1. The van der Waals surface area contributed by atoms with Crippen molar-refractivity contribution in [1.29, 1.82) is 5.26 Å². The van der Waals surface area contributed by atoms with Crippen molar-refractivity contribution in [2.45, 2.75) is 30.2 Å². The number of nitriles is 1. The van der Waals surface area contributed by atoms with Crippen LogP contribution < -0.4 is 10.0 Å². The molecule has 2 N–H and O–H groups in total. The summed E-state index contributed by atoms with van der Waals surface area (Å²) >= 11 is 5.85. The van der Waals surface area contributed by atoms with E-state index in [-0.39, 0.29) is 15.5 Å². The summed E-state index contributed by atoms with van der Waals surface area (Å²) in [6, 6.07) is 6.39.